The first-order valence-electron chi connectivity index (χ1n) is 6.17. The van der Waals surface area contributed by atoms with Gasteiger partial charge in [0.15, 0.2) is 0 Å². The Bertz CT molecular complexity index is 443. The molecular weight excluding hydrogens is 246 g/mol. The van der Waals surface area contributed by atoms with Crippen LogP contribution in [0.25, 0.3) is 0 Å². The van der Waals surface area contributed by atoms with E-state index in [1.165, 1.54) is 12.1 Å². The lowest BCUT2D eigenvalue weighted by Crippen LogP contribution is -2.44. The van der Waals surface area contributed by atoms with Gasteiger partial charge in [-0.25, -0.2) is 0 Å². The van der Waals surface area contributed by atoms with Crippen molar-refractivity contribution in [3.63, 3.8) is 0 Å². The minimum Gasteiger partial charge on any atom is -0.353 e. The van der Waals surface area contributed by atoms with E-state index in [0.717, 1.165) is 5.56 Å². The molecule has 0 aliphatic heterocycles. The molecule has 0 saturated heterocycles. The standard InChI is InChI=1S/C13H19N3O3/c1-9(2)15-13(17)10(3)14-8-11-4-6-12(7-5-11)16(18)19/h4-7,9-10,14H,8H2,1-3H3,(H,15,17). The lowest BCUT2D eigenvalue weighted by molar-refractivity contribution is -0.384. The van der Waals surface area contributed by atoms with Crippen LogP contribution in [0.2, 0.25) is 0 Å². The normalized spacial score (nSPS) is 12.2. The summed E-state index contributed by atoms with van der Waals surface area (Å²) in [5.41, 5.74) is 0.962. The zero-order valence-electron chi connectivity index (χ0n) is 11.3. The second-order valence-electron chi connectivity index (χ2n) is 4.69. The Labute approximate surface area is 112 Å². The Hall–Kier alpha value is -1.95. The molecule has 104 valence electrons. The molecule has 0 aliphatic carbocycles. The van der Waals surface area contributed by atoms with Crippen molar-refractivity contribution < 1.29 is 9.72 Å². The minimum absolute atomic E-state index is 0.0584. The molecule has 1 aromatic carbocycles. The van der Waals surface area contributed by atoms with E-state index in [9.17, 15) is 14.9 Å². The van der Waals surface area contributed by atoms with Gasteiger partial charge in [0.25, 0.3) is 5.69 Å². The highest BCUT2D eigenvalue weighted by Gasteiger charge is 2.12. The lowest BCUT2D eigenvalue weighted by Gasteiger charge is -2.15. The fourth-order valence-electron chi connectivity index (χ4n) is 1.51. The molecule has 0 bridgehead atoms. The molecule has 1 atom stereocenters. The smallest absolute Gasteiger partial charge is 0.269 e. The zero-order chi connectivity index (χ0) is 14.4. The van der Waals surface area contributed by atoms with Crippen molar-refractivity contribution >= 4 is 11.6 Å². The van der Waals surface area contributed by atoms with Gasteiger partial charge >= 0.3 is 0 Å². The Morgan fingerprint density at radius 3 is 2.32 bits per heavy atom. The molecule has 1 aromatic rings. The molecular formula is C13H19N3O3. The van der Waals surface area contributed by atoms with Gasteiger partial charge in [-0.05, 0) is 26.3 Å². The molecule has 0 aromatic heterocycles. The van der Waals surface area contributed by atoms with Crippen molar-refractivity contribution in [2.45, 2.75) is 39.4 Å². The molecule has 6 nitrogen and oxygen atoms in total. The van der Waals surface area contributed by atoms with Crippen LogP contribution in [-0.2, 0) is 11.3 Å². The third-order valence-corrected chi connectivity index (χ3v) is 2.58. The van der Waals surface area contributed by atoms with E-state index in [4.69, 9.17) is 0 Å². The van der Waals surface area contributed by atoms with E-state index in [-0.39, 0.29) is 23.7 Å². The van der Waals surface area contributed by atoms with Crippen LogP contribution in [0.3, 0.4) is 0 Å². The summed E-state index contributed by atoms with van der Waals surface area (Å²) >= 11 is 0. The van der Waals surface area contributed by atoms with E-state index < -0.39 is 4.92 Å². The van der Waals surface area contributed by atoms with Crippen molar-refractivity contribution in [2.75, 3.05) is 0 Å². The summed E-state index contributed by atoms with van der Waals surface area (Å²) < 4.78 is 0. The summed E-state index contributed by atoms with van der Waals surface area (Å²) in [7, 11) is 0. The number of nitro benzene ring substituents is 1. The fraction of sp³-hybridized carbons (Fsp3) is 0.462. The van der Waals surface area contributed by atoms with Crippen molar-refractivity contribution in [3.8, 4) is 0 Å². The summed E-state index contributed by atoms with van der Waals surface area (Å²) in [5, 5.41) is 16.4. The van der Waals surface area contributed by atoms with Crippen LogP contribution in [-0.4, -0.2) is 22.9 Å². The first kappa shape index (κ1) is 15.1. The topological polar surface area (TPSA) is 84.3 Å². The molecule has 0 fully saturated rings. The molecule has 0 radical (unpaired) electrons. The van der Waals surface area contributed by atoms with Gasteiger partial charge in [0, 0.05) is 24.7 Å². The molecule has 0 aliphatic rings. The average molecular weight is 265 g/mol. The second-order valence-corrected chi connectivity index (χ2v) is 4.69. The largest absolute Gasteiger partial charge is 0.353 e. The van der Waals surface area contributed by atoms with Gasteiger partial charge in [0.2, 0.25) is 5.91 Å². The number of benzene rings is 1. The van der Waals surface area contributed by atoms with Gasteiger partial charge in [-0.15, -0.1) is 0 Å². The maximum atomic E-state index is 11.7. The van der Waals surface area contributed by atoms with Gasteiger partial charge in [-0.1, -0.05) is 12.1 Å². The number of nitrogens with zero attached hydrogens (tertiary/aromatic N) is 1. The van der Waals surface area contributed by atoms with E-state index >= 15 is 0 Å². The van der Waals surface area contributed by atoms with Crippen molar-refractivity contribution in [2.24, 2.45) is 0 Å². The number of amides is 1. The molecule has 1 rings (SSSR count). The van der Waals surface area contributed by atoms with Gasteiger partial charge < -0.3 is 10.6 Å². The zero-order valence-corrected chi connectivity index (χ0v) is 11.3. The fourth-order valence-corrected chi connectivity index (χ4v) is 1.51. The summed E-state index contributed by atoms with van der Waals surface area (Å²) in [6.45, 7) is 6.08. The highest BCUT2D eigenvalue weighted by molar-refractivity contribution is 5.81. The highest BCUT2D eigenvalue weighted by atomic mass is 16.6. The number of rotatable bonds is 6. The first-order valence-corrected chi connectivity index (χ1v) is 6.17. The van der Waals surface area contributed by atoms with Gasteiger partial charge in [0.05, 0.1) is 11.0 Å². The van der Waals surface area contributed by atoms with E-state index in [1.807, 2.05) is 13.8 Å². The Morgan fingerprint density at radius 1 is 1.26 bits per heavy atom. The second kappa shape index (κ2) is 6.84. The van der Waals surface area contributed by atoms with Crippen LogP contribution in [0.4, 0.5) is 5.69 Å². The third kappa shape index (κ3) is 5.05. The Balaban J connectivity index is 2.48. The Morgan fingerprint density at radius 2 is 1.84 bits per heavy atom. The van der Waals surface area contributed by atoms with Crippen molar-refractivity contribution in [3.05, 3.63) is 39.9 Å². The highest BCUT2D eigenvalue weighted by Crippen LogP contribution is 2.11. The molecule has 19 heavy (non-hydrogen) atoms. The predicted molar refractivity (Wildman–Crippen MR) is 72.7 cm³/mol. The Kier molecular flexibility index (Phi) is 5.44. The van der Waals surface area contributed by atoms with E-state index in [0.29, 0.717) is 6.54 Å². The van der Waals surface area contributed by atoms with E-state index in [1.54, 1.807) is 19.1 Å². The van der Waals surface area contributed by atoms with Crippen molar-refractivity contribution in [1.82, 2.24) is 10.6 Å². The van der Waals surface area contributed by atoms with Crippen LogP contribution in [0.1, 0.15) is 26.3 Å². The number of hydrogen-bond donors (Lipinski definition) is 2. The maximum Gasteiger partial charge on any atom is 0.269 e. The maximum absolute atomic E-state index is 11.7. The van der Waals surface area contributed by atoms with Gasteiger partial charge in [-0.2, -0.15) is 0 Å². The number of nitro groups is 1. The van der Waals surface area contributed by atoms with Gasteiger partial charge in [-0.3, -0.25) is 14.9 Å². The number of hydrogen-bond acceptors (Lipinski definition) is 4. The van der Waals surface area contributed by atoms with Crippen LogP contribution >= 0.6 is 0 Å². The summed E-state index contributed by atoms with van der Waals surface area (Å²) in [5.74, 6) is -0.0584. The molecule has 1 unspecified atom stereocenters. The number of carbonyl (C=O) groups excluding carboxylic acids is 1. The summed E-state index contributed by atoms with van der Waals surface area (Å²) in [6.07, 6.45) is 0. The SMILES string of the molecule is CC(C)NC(=O)C(C)NCc1ccc([N+](=O)[O-])cc1. The lowest BCUT2D eigenvalue weighted by atomic mass is 10.2. The van der Waals surface area contributed by atoms with E-state index in [2.05, 4.69) is 10.6 Å². The van der Waals surface area contributed by atoms with Crippen LogP contribution in [0.5, 0.6) is 0 Å². The molecule has 1 amide bonds. The van der Waals surface area contributed by atoms with Gasteiger partial charge in [0.1, 0.15) is 0 Å². The summed E-state index contributed by atoms with van der Waals surface area (Å²) in [6, 6.07) is 6.07. The average Bonchev–Trinajstić information content (AvgIpc) is 2.35. The number of carbonyl (C=O) groups is 1. The third-order valence-electron chi connectivity index (χ3n) is 2.58. The summed E-state index contributed by atoms with van der Waals surface area (Å²) in [4.78, 5) is 21.7. The molecule has 0 saturated carbocycles. The number of nitrogens with one attached hydrogen (secondary N) is 2. The molecule has 6 heteroatoms. The monoisotopic (exact) mass is 265 g/mol. The predicted octanol–water partition coefficient (Wildman–Crippen LogP) is 1.60. The van der Waals surface area contributed by atoms with Crippen LogP contribution in [0, 0.1) is 10.1 Å². The quantitative estimate of drug-likeness (QED) is 0.604. The minimum atomic E-state index is -0.435. The molecule has 0 heterocycles. The molecule has 0 spiro atoms. The molecule has 2 N–H and O–H groups in total. The first-order chi connectivity index (χ1) is 8.90. The van der Waals surface area contributed by atoms with Crippen molar-refractivity contribution in [1.29, 1.82) is 0 Å². The number of non-ortho nitro benzene ring substituents is 1. The van der Waals surface area contributed by atoms with Crippen LogP contribution in [0.15, 0.2) is 24.3 Å². The van der Waals surface area contributed by atoms with Crippen LogP contribution < -0.4 is 10.6 Å².